The van der Waals surface area contributed by atoms with E-state index in [4.69, 9.17) is 10.5 Å². The summed E-state index contributed by atoms with van der Waals surface area (Å²) in [5.74, 6) is -1.11. The number of nitrogens with one attached hydrogen (secondary N) is 1. The molecule has 0 aromatic heterocycles. The van der Waals surface area contributed by atoms with Crippen LogP contribution in [0.5, 0.6) is 5.75 Å². The molecule has 0 heterocycles. The number of benzene rings is 1. The molecular formula is C12H16N2O3. The molecule has 0 fully saturated rings. The normalized spacial score (nSPS) is 9.76. The molecule has 92 valence electrons. The van der Waals surface area contributed by atoms with E-state index in [2.05, 4.69) is 5.32 Å². The zero-order chi connectivity index (χ0) is 12.8. The van der Waals surface area contributed by atoms with Crippen LogP contribution in [-0.2, 0) is 22.6 Å². The molecule has 5 nitrogen and oxygen atoms in total. The Hall–Kier alpha value is -2.04. The summed E-state index contributed by atoms with van der Waals surface area (Å²) < 4.78 is 5.17. The summed E-state index contributed by atoms with van der Waals surface area (Å²) >= 11 is 0. The average molecular weight is 236 g/mol. The number of aryl methyl sites for hydroxylation is 1. The number of carbonyl (C=O) groups is 2. The number of rotatable bonds is 4. The number of nitrogens with two attached hydrogens (primary N) is 1. The molecule has 17 heavy (non-hydrogen) atoms. The third-order valence-corrected chi connectivity index (χ3v) is 2.42. The molecule has 0 unspecified atom stereocenters. The fraction of sp³-hybridized carbons (Fsp3) is 0.333. The van der Waals surface area contributed by atoms with E-state index in [9.17, 15) is 9.59 Å². The highest BCUT2D eigenvalue weighted by Gasteiger charge is 2.10. The minimum absolute atomic E-state index is 0.221. The van der Waals surface area contributed by atoms with Gasteiger partial charge in [-0.3, -0.25) is 9.59 Å². The molecule has 1 rings (SSSR count). The molecule has 0 atom stereocenters. The number of primary amides is 1. The molecule has 1 aromatic carbocycles. The fourth-order valence-corrected chi connectivity index (χ4v) is 1.45. The van der Waals surface area contributed by atoms with Crippen LogP contribution in [0.15, 0.2) is 18.2 Å². The van der Waals surface area contributed by atoms with Crippen LogP contribution in [0.4, 0.5) is 0 Å². The van der Waals surface area contributed by atoms with Crippen molar-refractivity contribution in [3.8, 4) is 5.75 Å². The van der Waals surface area contributed by atoms with Crippen molar-refractivity contribution in [1.82, 2.24) is 5.32 Å². The van der Waals surface area contributed by atoms with Crippen LogP contribution < -0.4 is 15.8 Å². The second-order valence-corrected chi connectivity index (χ2v) is 3.55. The largest absolute Gasteiger partial charge is 0.496 e. The summed E-state index contributed by atoms with van der Waals surface area (Å²) in [6, 6.07) is 5.73. The third kappa shape index (κ3) is 3.48. The van der Waals surface area contributed by atoms with E-state index in [1.165, 1.54) is 0 Å². The van der Waals surface area contributed by atoms with Crippen LogP contribution in [-0.4, -0.2) is 18.9 Å². The highest BCUT2D eigenvalue weighted by atomic mass is 16.5. The van der Waals surface area contributed by atoms with Crippen molar-refractivity contribution in [2.24, 2.45) is 5.73 Å². The lowest BCUT2D eigenvalue weighted by Crippen LogP contribution is -2.35. The molecule has 0 saturated heterocycles. The van der Waals surface area contributed by atoms with Gasteiger partial charge in [-0.25, -0.2) is 0 Å². The van der Waals surface area contributed by atoms with Crippen LogP contribution in [0.1, 0.15) is 18.1 Å². The Morgan fingerprint density at radius 2 is 2.12 bits per heavy atom. The number of methoxy groups -OCH3 is 1. The van der Waals surface area contributed by atoms with Gasteiger partial charge < -0.3 is 15.8 Å². The molecule has 0 radical (unpaired) electrons. The first-order chi connectivity index (χ1) is 8.08. The molecule has 0 aliphatic rings. The molecule has 0 saturated carbocycles. The molecule has 2 amide bonds. The zero-order valence-electron chi connectivity index (χ0n) is 9.95. The number of carbonyl (C=O) groups excluding carboxylic acids is 2. The monoisotopic (exact) mass is 236 g/mol. The topological polar surface area (TPSA) is 81.4 Å². The predicted octanol–water partition coefficient (Wildman–Crippen LogP) is 0.359. The van der Waals surface area contributed by atoms with E-state index in [1.807, 2.05) is 25.1 Å². The lowest BCUT2D eigenvalue weighted by atomic mass is 10.1. The summed E-state index contributed by atoms with van der Waals surface area (Å²) in [5, 5.41) is 2.43. The number of amides is 2. The maximum Gasteiger partial charge on any atom is 0.309 e. The Kier molecular flexibility index (Phi) is 4.51. The van der Waals surface area contributed by atoms with Gasteiger partial charge >= 0.3 is 11.8 Å². The van der Waals surface area contributed by atoms with Gasteiger partial charge in [0.2, 0.25) is 0 Å². The highest BCUT2D eigenvalue weighted by Crippen LogP contribution is 2.19. The minimum atomic E-state index is -0.990. The molecule has 0 bridgehead atoms. The third-order valence-electron chi connectivity index (χ3n) is 2.42. The standard InChI is InChI=1S/C12H16N2O3/c1-3-8-4-5-10(17-2)9(6-8)7-14-12(16)11(13)15/h4-6H,3,7H2,1-2H3,(H2,13,15)(H,14,16). The van der Waals surface area contributed by atoms with Crippen LogP contribution in [0.25, 0.3) is 0 Å². The lowest BCUT2D eigenvalue weighted by Gasteiger charge is -2.10. The number of hydrogen-bond donors (Lipinski definition) is 2. The Bertz CT molecular complexity index is 430. The van der Waals surface area contributed by atoms with E-state index >= 15 is 0 Å². The maximum atomic E-state index is 11.0. The predicted molar refractivity (Wildman–Crippen MR) is 63.4 cm³/mol. The molecule has 1 aromatic rings. The van der Waals surface area contributed by atoms with Crippen molar-refractivity contribution in [3.63, 3.8) is 0 Å². The van der Waals surface area contributed by atoms with Gasteiger partial charge in [-0.1, -0.05) is 19.1 Å². The van der Waals surface area contributed by atoms with Crippen molar-refractivity contribution in [2.45, 2.75) is 19.9 Å². The van der Waals surface area contributed by atoms with Crippen LogP contribution in [0, 0.1) is 0 Å². The molecule has 0 spiro atoms. The first-order valence-corrected chi connectivity index (χ1v) is 5.32. The Balaban J connectivity index is 2.81. The van der Waals surface area contributed by atoms with E-state index < -0.39 is 11.8 Å². The van der Waals surface area contributed by atoms with Crippen molar-refractivity contribution in [3.05, 3.63) is 29.3 Å². The zero-order valence-corrected chi connectivity index (χ0v) is 9.95. The lowest BCUT2D eigenvalue weighted by molar-refractivity contribution is -0.137. The van der Waals surface area contributed by atoms with Crippen molar-refractivity contribution >= 4 is 11.8 Å². The quantitative estimate of drug-likeness (QED) is 0.740. The van der Waals surface area contributed by atoms with Gasteiger partial charge in [0.05, 0.1) is 7.11 Å². The molecular weight excluding hydrogens is 220 g/mol. The molecule has 0 aliphatic carbocycles. The summed E-state index contributed by atoms with van der Waals surface area (Å²) in [4.78, 5) is 21.6. The molecule has 0 aliphatic heterocycles. The first kappa shape index (κ1) is 13.0. The highest BCUT2D eigenvalue weighted by molar-refractivity contribution is 6.34. The van der Waals surface area contributed by atoms with Gasteiger partial charge in [-0.2, -0.15) is 0 Å². The minimum Gasteiger partial charge on any atom is -0.496 e. The van der Waals surface area contributed by atoms with Gasteiger partial charge in [-0.05, 0) is 18.1 Å². The van der Waals surface area contributed by atoms with Gasteiger partial charge in [0, 0.05) is 12.1 Å². The maximum absolute atomic E-state index is 11.0. The van der Waals surface area contributed by atoms with E-state index in [0.29, 0.717) is 5.75 Å². The van der Waals surface area contributed by atoms with Crippen LogP contribution in [0.2, 0.25) is 0 Å². The second kappa shape index (κ2) is 5.89. The van der Waals surface area contributed by atoms with Crippen LogP contribution in [0.3, 0.4) is 0 Å². The Labute approximate surface area is 99.9 Å². The first-order valence-electron chi connectivity index (χ1n) is 5.32. The van der Waals surface area contributed by atoms with Gasteiger partial charge in [0.25, 0.3) is 0 Å². The van der Waals surface area contributed by atoms with Crippen molar-refractivity contribution in [2.75, 3.05) is 7.11 Å². The van der Waals surface area contributed by atoms with Gasteiger partial charge in [0.1, 0.15) is 5.75 Å². The Morgan fingerprint density at radius 3 is 2.65 bits per heavy atom. The van der Waals surface area contributed by atoms with Gasteiger partial charge in [0.15, 0.2) is 0 Å². The number of hydrogen-bond acceptors (Lipinski definition) is 3. The number of ether oxygens (including phenoxy) is 1. The van der Waals surface area contributed by atoms with Crippen LogP contribution >= 0.6 is 0 Å². The smallest absolute Gasteiger partial charge is 0.309 e. The average Bonchev–Trinajstić information content (AvgIpc) is 2.35. The van der Waals surface area contributed by atoms with E-state index in [0.717, 1.165) is 17.5 Å². The summed E-state index contributed by atoms with van der Waals surface area (Å²) in [6.45, 7) is 2.26. The van der Waals surface area contributed by atoms with Crippen molar-refractivity contribution < 1.29 is 14.3 Å². The Morgan fingerprint density at radius 1 is 1.41 bits per heavy atom. The molecule has 5 heteroatoms. The van der Waals surface area contributed by atoms with Crippen molar-refractivity contribution in [1.29, 1.82) is 0 Å². The summed E-state index contributed by atoms with van der Waals surface area (Å²) in [6.07, 6.45) is 0.890. The second-order valence-electron chi connectivity index (χ2n) is 3.55. The van der Waals surface area contributed by atoms with E-state index in [-0.39, 0.29) is 6.54 Å². The van der Waals surface area contributed by atoms with Gasteiger partial charge in [-0.15, -0.1) is 0 Å². The fourth-order valence-electron chi connectivity index (χ4n) is 1.45. The summed E-state index contributed by atoms with van der Waals surface area (Å²) in [7, 11) is 1.56. The van der Waals surface area contributed by atoms with E-state index in [1.54, 1.807) is 7.11 Å². The summed E-state index contributed by atoms with van der Waals surface area (Å²) in [5.41, 5.74) is 6.80. The SMILES string of the molecule is CCc1ccc(OC)c(CNC(=O)C(N)=O)c1. The molecule has 3 N–H and O–H groups in total.